The lowest BCUT2D eigenvalue weighted by Gasteiger charge is -2.39. The van der Waals surface area contributed by atoms with E-state index < -0.39 is 10.0 Å². The Morgan fingerprint density at radius 1 is 1.11 bits per heavy atom. The Balaban J connectivity index is 1.65. The van der Waals surface area contributed by atoms with Crippen molar-refractivity contribution in [2.75, 3.05) is 38.5 Å². The highest BCUT2D eigenvalue weighted by Crippen LogP contribution is 2.21. The topological polar surface area (TPSA) is 60.9 Å². The van der Waals surface area contributed by atoms with Crippen LogP contribution in [0.15, 0.2) is 24.3 Å². The number of hydrogen-bond acceptors (Lipinski definition) is 4. The molecule has 1 atom stereocenters. The number of amides is 1. The van der Waals surface area contributed by atoms with Crippen LogP contribution in [-0.4, -0.2) is 72.9 Å². The fraction of sp³-hybridized carbons (Fsp3) is 0.650. The third-order valence-electron chi connectivity index (χ3n) is 5.59. The molecule has 0 aromatic heterocycles. The predicted octanol–water partition coefficient (Wildman–Crippen LogP) is 1.84. The fourth-order valence-corrected chi connectivity index (χ4v) is 5.65. The molecule has 7 heteroatoms. The Bertz CT molecular complexity index is 765. The van der Waals surface area contributed by atoms with E-state index in [-0.39, 0.29) is 17.7 Å². The highest BCUT2D eigenvalue weighted by molar-refractivity contribution is 7.89. The zero-order valence-electron chi connectivity index (χ0n) is 16.4. The van der Waals surface area contributed by atoms with E-state index in [0.29, 0.717) is 45.6 Å². The van der Waals surface area contributed by atoms with Gasteiger partial charge in [0.2, 0.25) is 15.9 Å². The summed E-state index contributed by atoms with van der Waals surface area (Å²) in [5.41, 5.74) is 2.34. The maximum atomic E-state index is 13.0. The fourth-order valence-electron chi connectivity index (χ4n) is 4.00. The molecular weight excluding hydrogens is 362 g/mol. The van der Waals surface area contributed by atoms with Gasteiger partial charge in [-0.3, -0.25) is 9.69 Å². The van der Waals surface area contributed by atoms with Gasteiger partial charge in [-0.15, -0.1) is 0 Å². The second-order valence-corrected chi connectivity index (χ2v) is 9.75. The van der Waals surface area contributed by atoms with Crippen LogP contribution in [0, 0.1) is 6.92 Å². The van der Waals surface area contributed by atoms with Gasteiger partial charge in [0.1, 0.15) is 0 Å². The number of carbonyl (C=O) groups excluding carboxylic acids is 1. The summed E-state index contributed by atoms with van der Waals surface area (Å²) in [6, 6.07) is 8.06. The third-order valence-corrected chi connectivity index (χ3v) is 7.54. The van der Waals surface area contributed by atoms with Gasteiger partial charge < -0.3 is 4.90 Å². The average molecular weight is 394 g/mol. The van der Waals surface area contributed by atoms with Gasteiger partial charge in [-0.1, -0.05) is 43.2 Å². The summed E-state index contributed by atoms with van der Waals surface area (Å²) in [7, 11) is -3.21. The van der Waals surface area contributed by atoms with Crippen LogP contribution < -0.4 is 0 Å². The van der Waals surface area contributed by atoms with Crippen molar-refractivity contribution in [3.8, 4) is 0 Å². The number of sulfonamides is 1. The predicted molar refractivity (Wildman–Crippen MR) is 107 cm³/mol. The summed E-state index contributed by atoms with van der Waals surface area (Å²) in [6.45, 7) is 7.77. The molecule has 0 aliphatic carbocycles. The van der Waals surface area contributed by atoms with Gasteiger partial charge in [0, 0.05) is 39.3 Å². The average Bonchev–Trinajstić information content (AvgIpc) is 2.86. The van der Waals surface area contributed by atoms with Crippen molar-refractivity contribution in [1.29, 1.82) is 0 Å². The minimum atomic E-state index is -3.21. The lowest BCUT2D eigenvalue weighted by molar-refractivity contribution is -0.142. The first-order valence-electron chi connectivity index (χ1n) is 9.97. The number of nitrogens with zero attached hydrogens (tertiary/aromatic N) is 3. The number of carbonyl (C=O) groups is 1. The van der Waals surface area contributed by atoms with E-state index in [0.717, 1.165) is 18.5 Å². The van der Waals surface area contributed by atoms with Gasteiger partial charge in [0.05, 0.1) is 11.8 Å². The summed E-state index contributed by atoms with van der Waals surface area (Å²) in [4.78, 5) is 17.1. The number of rotatable bonds is 6. The van der Waals surface area contributed by atoms with Gasteiger partial charge in [-0.25, -0.2) is 12.7 Å². The number of piperazine rings is 1. The minimum absolute atomic E-state index is 0.135. The summed E-state index contributed by atoms with van der Waals surface area (Å²) in [5, 5.41) is 0. The molecule has 0 bridgehead atoms. The van der Waals surface area contributed by atoms with E-state index in [1.807, 2.05) is 17.9 Å². The first-order chi connectivity index (χ1) is 12.9. The largest absolute Gasteiger partial charge is 0.336 e. The van der Waals surface area contributed by atoms with Crippen LogP contribution in [0.5, 0.6) is 0 Å². The van der Waals surface area contributed by atoms with Crippen LogP contribution in [0.25, 0.3) is 0 Å². The molecule has 1 amide bonds. The quantitative estimate of drug-likeness (QED) is 0.740. The maximum absolute atomic E-state index is 13.0. The summed E-state index contributed by atoms with van der Waals surface area (Å²) >= 11 is 0. The lowest BCUT2D eigenvalue weighted by atomic mass is 10.1. The molecule has 0 spiro atoms. The number of aryl methyl sites for hydroxylation is 1. The van der Waals surface area contributed by atoms with E-state index in [2.05, 4.69) is 30.0 Å². The van der Waals surface area contributed by atoms with Crippen molar-refractivity contribution in [2.24, 2.45) is 0 Å². The summed E-state index contributed by atoms with van der Waals surface area (Å²) in [6.07, 6.45) is 2.14. The lowest BCUT2D eigenvalue weighted by Crippen LogP contribution is -2.56. The summed E-state index contributed by atoms with van der Waals surface area (Å²) in [5.74, 6) is 0.345. The highest BCUT2D eigenvalue weighted by Gasteiger charge is 2.38. The van der Waals surface area contributed by atoms with Crippen LogP contribution in [0.4, 0.5) is 0 Å². The minimum Gasteiger partial charge on any atom is -0.336 e. The first-order valence-corrected chi connectivity index (χ1v) is 11.6. The molecule has 0 radical (unpaired) electrons. The van der Waals surface area contributed by atoms with Gasteiger partial charge >= 0.3 is 0 Å². The molecule has 2 aliphatic rings. The highest BCUT2D eigenvalue weighted by atomic mass is 32.2. The van der Waals surface area contributed by atoms with E-state index >= 15 is 0 Å². The molecule has 0 saturated carbocycles. The monoisotopic (exact) mass is 393 g/mol. The Kier molecular flexibility index (Phi) is 6.55. The van der Waals surface area contributed by atoms with Crippen LogP contribution in [0.1, 0.15) is 37.3 Å². The zero-order valence-corrected chi connectivity index (χ0v) is 17.2. The smallest absolute Gasteiger partial charge is 0.240 e. The Hall–Kier alpha value is -1.44. The zero-order chi connectivity index (χ0) is 19.4. The van der Waals surface area contributed by atoms with Gasteiger partial charge in [-0.05, 0) is 25.3 Å². The molecule has 27 heavy (non-hydrogen) atoms. The van der Waals surface area contributed by atoms with Gasteiger partial charge in [0.25, 0.3) is 0 Å². The Labute approximate surface area is 163 Å². The molecule has 1 unspecified atom stereocenters. The SMILES string of the molecule is CCCCS(=O)(=O)N1CCC2C(=O)N(Cc3cccc(C)c3)CCN2CC1. The molecule has 2 saturated heterocycles. The Morgan fingerprint density at radius 2 is 1.89 bits per heavy atom. The van der Waals surface area contributed by atoms with Crippen molar-refractivity contribution in [3.05, 3.63) is 35.4 Å². The number of hydrogen-bond donors (Lipinski definition) is 0. The molecule has 0 N–H and O–H groups in total. The van der Waals surface area contributed by atoms with Crippen LogP contribution in [-0.2, 0) is 21.4 Å². The van der Waals surface area contributed by atoms with Gasteiger partial charge in [0.15, 0.2) is 0 Å². The van der Waals surface area contributed by atoms with Crippen molar-refractivity contribution >= 4 is 15.9 Å². The van der Waals surface area contributed by atoms with Crippen molar-refractivity contribution in [2.45, 2.75) is 45.7 Å². The van der Waals surface area contributed by atoms with E-state index in [1.54, 1.807) is 4.31 Å². The van der Waals surface area contributed by atoms with Gasteiger partial charge in [-0.2, -0.15) is 0 Å². The second-order valence-electron chi connectivity index (χ2n) is 7.66. The van der Waals surface area contributed by atoms with E-state index in [1.165, 1.54) is 5.56 Å². The number of fused-ring (bicyclic) bond motifs is 1. The van der Waals surface area contributed by atoms with Crippen molar-refractivity contribution in [1.82, 2.24) is 14.1 Å². The van der Waals surface area contributed by atoms with Crippen molar-refractivity contribution in [3.63, 3.8) is 0 Å². The molecule has 1 aromatic carbocycles. The normalized spacial score (nSPS) is 22.5. The van der Waals surface area contributed by atoms with E-state index in [4.69, 9.17) is 0 Å². The third kappa shape index (κ3) is 4.89. The molecule has 2 aliphatic heterocycles. The van der Waals surface area contributed by atoms with Crippen LogP contribution in [0.3, 0.4) is 0 Å². The molecule has 1 aromatic rings. The number of unbranched alkanes of at least 4 members (excludes halogenated alkanes) is 1. The Morgan fingerprint density at radius 3 is 2.63 bits per heavy atom. The van der Waals surface area contributed by atoms with E-state index in [9.17, 15) is 13.2 Å². The van der Waals surface area contributed by atoms with Crippen LogP contribution in [0.2, 0.25) is 0 Å². The van der Waals surface area contributed by atoms with Crippen LogP contribution >= 0.6 is 0 Å². The second kappa shape index (κ2) is 8.71. The molecular formula is C20H31N3O3S. The van der Waals surface area contributed by atoms with Crippen molar-refractivity contribution < 1.29 is 13.2 Å². The molecule has 150 valence electrons. The first kappa shape index (κ1) is 20.3. The maximum Gasteiger partial charge on any atom is 0.240 e. The molecule has 2 heterocycles. The summed E-state index contributed by atoms with van der Waals surface area (Å²) < 4.78 is 26.7. The molecule has 6 nitrogen and oxygen atoms in total. The standard InChI is InChI=1S/C20H31N3O3S/c1-3-4-14-27(25,26)23-9-8-19-20(24)22(11-10-21(19)12-13-23)16-18-7-5-6-17(2)15-18/h5-7,15,19H,3-4,8-14,16H2,1-2H3. The molecule has 3 rings (SSSR count). The molecule has 2 fully saturated rings. The number of benzene rings is 1.